The zero-order valence-corrected chi connectivity index (χ0v) is 11.7. The number of alkyl halides is 3. The van der Waals surface area contributed by atoms with Gasteiger partial charge in [-0.2, -0.15) is 13.2 Å². The lowest BCUT2D eigenvalue weighted by Gasteiger charge is -2.10. The Bertz CT molecular complexity index is 711. The summed E-state index contributed by atoms with van der Waals surface area (Å²) in [4.78, 5) is 11.0. The monoisotopic (exact) mass is 336 g/mol. The molecule has 7 heteroatoms. The number of benzene rings is 2. The van der Waals surface area contributed by atoms with Crippen molar-refractivity contribution in [1.82, 2.24) is 0 Å². The van der Waals surface area contributed by atoms with Gasteiger partial charge in [0.25, 0.3) is 5.24 Å². The first kappa shape index (κ1) is 15.8. The number of carbonyl (C=O) groups is 1. The van der Waals surface area contributed by atoms with Crippen molar-refractivity contribution >= 4 is 28.4 Å². The Morgan fingerprint density at radius 1 is 1.10 bits per heavy atom. The van der Waals surface area contributed by atoms with Gasteiger partial charge in [0.05, 0.1) is 16.1 Å². The Balaban J connectivity index is 2.58. The van der Waals surface area contributed by atoms with E-state index in [-0.39, 0.29) is 21.7 Å². The highest BCUT2D eigenvalue weighted by Crippen LogP contribution is 2.34. The van der Waals surface area contributed by atoms with Gasteiger partial charge < -0.3 is 0 Å². The third kappa shape index (κ3) is 3.36. The van der Waals surface area contributed by atoms with E-state index in [2.05, 4.69) is 0 Å². The average molecular weight is 337 g/mol. The van der Waals surface area contributed by atoms with Crippen LogP contribution in [0.5, 0.6) is 0 Å². The molecule has 0 aliphatic carbocycles. The smallest absolute Gasteiger partial charge is 0.276 e. The lowest BCUT2D eigenvalue weighted by molar-refractivity contribution is -0.137. The number of hydrogen-bond donors (Lipinski definition) is 0. The normalized spacial score (nSPS) is 11.5. The molecule has 0 N–H and O–H groups in total. The Hall–Kier alpha value is -1.59. The van der Waals surface area contributed by atoms with Crippen molar-refractivity contribution in [3.05, 3.63) is 58.4 Å². The molecule has 0 unspecified atom stereocenters. The standard InChI is InChI=1S/C14H6Cl2F4O/c15-11-5-9(12(17)6-10(11)13(16)21)7-2-1-3-8(4-7)14(18,19)20/h1-6H. The van der Waals surface area contributed by atoms with E-state index in [1.165, 1.54) is 6.07 Å². The highest BCUT2D eigenvalue weighted by molar-refractivity contribution is 6.68. The van der Waals surface area contributed by atoms with E-state index in [4.69, 9.17) is 23.2 Å². The van der Waals surface area contributed by atoms with Gasteiger partial charge in [0, 0.05) is 5.56 Å². The number of carbonyl (C=O) groups excluding carboxylic acids is 1. The molecule has 0 aliphatic rings. The van der Waals surface area contributed by atoms with E-state index in [0.717, 1.165) is 30.3 Å². The molecule has 0 fully saturated rings. The zero-order valence-electron chi connectivity index (χ0n) is 10.1. The first-order valence-electron chi connectivity index (χ1n) is 5.56. The van der Waals surface area contributed by atoms with Crippen molar-refractivity contribution < 1.29 is 22.4 Å². The minimum atomic E-state index is -4.54. The van der Waals surface area contributed by atoms with Crippen molar-refractivity contribution in [2.75, 3.05) is 0 Å². The van der Waals surface area contributed by atoms with Crippen LogP contribution in [0.4, 0.5) is 17.6 Å². The van der Waals surface area contributed by atoms with Crippen LogP contribution in [-0.4, -0.2) is 5.24 Å². The number of halogens is 6. The van der Waals surface area contributed by atoms with Crippen molar-refractivity contribution in [2.45, 2.75) is 6.18 Å². The van der Waals surface area contributed by atoms with E-state index < -0.39 is 22.8 Å². The predicted octanol–water partition coefficient (Wildman–Crippen LogP) is 5.54. The fraction of sp³-hybridized carbons (Fsp3) is 0.0714. The van der Waals surface area contributed by atoms with E-state index in [0.29, 0.717) is 0 Å². The molecular formula is C14H6Cl2F4O. The second kappa shape index (κ2) is 5.66. The summed E-state index contributed by atoms with van der Waals surface area (Å²) in [6, 6.07) is 6.02. The van der Waals surface area contributed by atoms with Crippen molar-refractivity contribution in [2.24, 2.45) is 0 Å². The summed E-state index contributed by atoms with van der Waals surface area (Å²) in [5, 5.41) is -1.08. The quantitative estimate of drug-likeness (QED) is 0.519. The van der Waals surface area contributed by atoms with Gasteiger partial charge >= 0.3 is 6.18 Å². The van der Waals surface area contributed by atoms with Gasteiger partial charge in [0.1, 0.15) is 5.82 Å². The van der Waals surface area contributed by atoms with Gasteiger partial charge in [-0.3, -0.25) is 4.79 Å². The molecule has 0 atom stereocenters. The molecule has 2 rings (SSSR count). The van der Waals surface area contributed by atoms with Gasteiger partial charge in [-0.15, -0.1) is 0 Å². The van der Waals surface area contributed by atoms with Crippen molar-refractivity contribution in [3.63, 3.8) is 0 Å². The minimum Gasteiger partial charge on any atom is -0.276 e. The minimum absolute atomic E-state index is 0.00204. The van der Waals surface area contributed by atoms with Crippen LogP contribution in [0.2, 0.25) is 5.02 Å². The molecule has 1 nitrogen and oxygen atoms in total. The summed E-state index contributed by atoms with van der Waals surface area (Å²) in [5.41, 5.74) is -1.30. The van der Waals surface area contributed by atoms with E-state index >= 15 is 0 Å². The largest absolute Gasteiger partial charge is 0.416 e. The van der Waals surface area contributed by atoms with Gasteiger partial charge in [0.2, 0.25) is 0 Å². The topological polar surface area (TPSA) is 17.1 Å². The van der Waals surface area contributed by atoms with Crippen LogP contribution < -0.4 is 0 Å². The van der Waals surface area contributed by atoms with Gasteiger partial charge in [0.15, 0.2) is 0 Å². The molecule has 0 aromatic heterocycles. The van der Waals surface area contributed by atoms with Crippen LogP contribution in [0.25, 0.3) is 11.1 Å². The van der Waals surface area contributed by atoms with Gasteiger partial charge in [-0.25, -0.2) is 4.39 Å². The van der Waals surface area contributed by atoms with Crippen molar-refractivity contribution in [3.8, 4) is 11.1 Å². The van der Waals surface area contributed by atoms with Crippen molar-refractivity contribution in [1.29, 1.82) is 0 Å². The summed E-state index contributed by atoms with van der Waals surface area (Å²) in [7, 11) is 0. The average Bonchev–Trinajstić information content (AvgIpc) is 2.40. The van der Waals surface area contributed by atoms with Crippen LogP contribution in [-0.2, 0) is 6.18 Å². The number of hydrogen-bond acceptors (Lipinski definition) is 1. The lowest BCUT2D eigenvalue weighted by atomic mass is 10.0. The maximum atomic E-state index is 14.0. The SMILES string of the molecule is O=C(Cl)c1cc(F)c(-c2cccc(C(F)(F)F)c2)cc1Cl. The van der Waals surface area contributed by atoms with Crippen LogP contribution >= 0.6 is 23.2 Å². The molecular weight excluding hydrogens is 331 g/mol. The maximum Gasteiger partial charge on any atom is 0.416 e. The van der Waals surface area contributed by atoms with Crippen LogP contribution in [0.15, 0.2) is 36.4 Å². The fourth-order valence-corrected chi connectivity index (χ4v) is 2.24. The van der Waals surface area contributed by atoms with Crippen LogP contribution in [0, 0.1) is 5.82 Å². The molecule has 0 aliphatic heterocycles. The molecule has 0 saturated heterocycles. The summed E-state index contributed by atoms with van der Waals surface area (Å²) in [5.74, 6) is -0.886. The van der Waals surface area contributed by atoms with Gasteiger partial charge in [-0.05, 0) is 41.4 Å². The predicted molar refractivity (Wildman–Crippen MR) is 72.0 cm³/mol. The summed E-state index contributed by atoms with van der Waals surface area (Å²) >= 11 is 11.0. The molecule has 21 heavy (non-hydrogen) atoms. The fourth-order valence-electron chi connectivity index (χ4n) is 1.78. The maximum absolute atomic E-state index is 14.0. The number of rotatable bonds is 2. The Labute approximate surface area is 127 Å². The first-order valence-corrected chi connectivity index (χ1v) is 6.32. The molecule has 110 valence electrons. The zero-order chi connectivity index (χ0) is 15.8. The Morgan fingerprint density at radius 3 is 2.33 bits per heavy atom. The van der Waals surface area contributed by atoms with Crippen LogP contribution in [0.3, 0.4) is 0 Å². The second-order valence-corrected chi connectivity index (χ2v) is 4.91. The molecule has 0 spiro atoms. The molecule has 2 aromatic carbocycles. The highest BCUT2D eigenvalue weighted by Gasteiger charge is 2.30. The lowest BCUT2D eigenvalue weighted by Crippen LogP contribution is -2.04. The molecule has 2 aromatic rings. The summed E-state index contributed by atoms with van der Waals surface area (Å²) < 4.78 is 51.9. The highest BCUT2D eigenvalue weighted by atomic mass is 35.5. The van der Waals surface area contributed by atoms with Crippen LogP contribution in [0.1, 0.15) is 15.9 Å². The third-order valence-corrected chi connectivity index (χ3v) is 3.29. The molecule has 0 bridgehead atoms. The molecule has 0 amide bonds. The second-order valence-electron chi connectivity index (χ2n) is 4.16. The third-order valence-electron chi connectivity index (χ3n) is 2.77. The first-order chi connectivity index (χ1) is 9.70. The summed E-state index contributed by atoms with van der Waals surface area (Å²) in [6.07, 6.45) is -4.54. The Morgan fingerprint density at radius 2 is 1.76 bits per heavy atom. The molecule has 0 heterocycles. The molecule has 0 radical (unpaired) electrons. The van der Waals surface area contributed by atoms with Gasteiger partial charge in [-0.1, -0.05) is 23.7 Å². The summed E-state index contributed by atoms with van der Waals surface area (Å²) in [6.45, 7) is 0. The van der Waals surface area contributed by atoms with E-state index in [1.54, 1.807) is 0 Å². The molecule has 0 saturated carbocycles. The van der Waals surface area contributed by atoms with E-state index in [9.17, 15) is 22.4 Å². The van der Waals surface area contributed by atoms with E-state index in [1.807, 2.05) is 0 Å². The Kier molecular flexibility index (Phi) is 4.25.